The minimum Gasteiger partial charge on any atom is -0.306 e. The van der Waals surface area contributed by atoms with Crippen LogP contribution < -0.4 is 5.69 Å². The Labute approximate surface area is 143 Å². The molecule has 0 saturated carbocycles. The first-order valence-electron chi connectivity index (χ1n) is 6.33. The molecule has 3 nitrogen and oxygen atoms in total. The molecule has 1 atom stereocenters. The molecule has 6 heteroatoms. The number of halogens is 3. The van der Waals surface area contributed by atoms with E-state index in [0.717, 1.165) is 38.1 Å². The van der Waals surface area contributed by atoms with Gasteiger partial charge in [0.05, 0.1) is 11.0 Å². The summed E-state index contributed by atoms with van der Waals surface area (Å²) in [7, 11) is 0. The molecule has 0 amide bonds. The summed E-state index contributed by atoms with van der Waals surface area (Å²) in [5, 5.41) is 0.759. The fourth-order valence-electron chi connectivity index (χ4n) is 2.28. The average molecular weight is 431 g/mol. The third kappa shape index (κ3) is 3.10. The Balaban J connectivity index is 1.97. The largest absolute Gasteiger partial charge is 0.323 e. The van der Waals surface area contributed by atoms with Crippen molar-refractivity contribution in [1.29, 1.82) is 0 Å². The van der Waals surface area contributed by atoms with Crippen LogP contribution in [0.4, 0.5) is 0 Å². The summed E-state index contributed by atoms with van der Waals surface area (Å²) in [6, 6.07) is 11.7. The number of aromatic amines is 2. The van der Waals surface area contributed by atoms with Gasteiger partial charge in [0.15, 0.2) is 0 Å². The highest BCUT2D eigenvalue weighted by Crippen LogP contribution is 2.35. The maximum atomic E-state index is 11.4. The van der Waals surface area contributed by atoms with Crippen molar-refractivity contribution in [3.63, 3.8) is 0 Å². The van der Waals surface area contributed by atoms with E-state index in [-0.39, 0.29) is 10.5 Å². The molecule has 0 bridgehead atoms. The highest BCUT2D eigenvalue weighted by atomic mass is 79.9. The van der Waals surface area contributed by atoms with Crippen LogP contribution in [0.1, 0.15) is 16.0 Å². The van der Waals surface area contributed by atoms with Gasteiger partial charge in [-0.15, -0.1) is 0 Å². The number of hydrogen-bond donors (Lipinski definition) is 2. The maximum Gasteiger partial charge on any atom is 0.323 e. The third-order valence-corrected chi connectivity index (χ3v) is 5.20. The van der Waals surface area contributed by atoms with Gasteiger partial charge in [-0.2, -0.15) is 0 Å². The molecule has 2 N–H and O–H groups in total. The molecular formula is C15H11Br2ClN2O. The molecular weight excluding hydrogens is 419 g/mol. The van der Waals surface area contributed by atoms with Crippen molar-refractivity contribution >= 4 is 54.5 Å². The van der Waals surface area contributed by atoms with Gasteiger partial charge < -0.3 is 9.97 Å². The van der Waals surface area contributed by atoms with Crippen LogP contribution in [0.3, 0.4) is 0 Å². The number of hydrogen-bond acceptors (Lipinski definition) is 1. The zero-order valence-corrected chi connectivity index (χ0v) is 14.7. The summed E-state index contributed by atoms with van der Waals surface area (Å²) in [6.45, 7) is 0. The van der Waals surface area contributed by atoms with E-state index in [0.29, 0.717) is 0 Å². The number of aromatic nitrogens is 2. The first-order chi connectivity index (χ1) is 10.0. The molecule has 0 aliphatic heterocycles. The minimum atomic E-state index is -0.203. The van der Waals surface area contributed by atoms with Crippen molar-refractivity contribution in [1.82, 2.24) is 9.97 Å². The van der Waals surface area contributed by atoms with Crippen LogP contribution >= 0.6 is 43.5 Å². The lowest BCUT2D eigenvalue weighted by molar-refractivity contribution is 0.945. The number of alkyl halides is 1. The van der Waals surface area contributed by atoms with E-state index in [1.807, 2.05) is 36.4 Å². The number of nitrogens with one attached hydrogen (secondary N) is 2. The molecule has 0 aliphatic carbocycles. The van der Waals surface area contributed by atoms with Crippen LogP contribution in [0.25, 0.3) is 11.0 Å². The fraction of sp³-hybridized carbons (Fsp3) is 0.133. The van der Waals surface area contributed by atoms with Gasteiger partial charge in [-0.1, -0.05) is 61.7 Å². The average Bonchev–Trinajstić information content (AvgIpc) is 2.79. The van der Waals surface area contributed by atoms with Crippen molar-refractivity contribution in [2.75, 3.05) is 0 Å². The van der Waals surface area contributed by atoms with E-state index in [4.69, 9.17) is 11.6 Å². The number of fused-ring (bicyclic) bond motifs is 1. The van der Waals surface area contributed by atoms with E-state index >= 15 is 0 Å². The Morgan fingerprint density at radius 3 is 2.52 bits per heavy atom. The van der Waals surface area contributed by atoms with Crippen LogP contribution in [-0.4, -0.2) is 9.97 Å². The Hall–Kier alpha value is -1.04. The molecule has 0 fully saturated rings. The van der Waals surface area contributed by atoms with E-state index in [2.05, 4.69) is 41.8 Å². The lowest BCUT2D eigenvalue weighted by atomic mass is 10.0. The summed E-state index contributed by atoms with van der Waals surface area (Å²) in [5.41, 5.74) is 3.52. The van der Waals surface area contributed by atoms with Gasteiger partial charge in [0.1, 0.15) is 0 Å². The normalized spacial score (nSPS) is 12.7. The second-order valence-electron chi connectivity index (χ2n) is 4.76. The van der Waals surface area contributed by atoms with Crippen molar-refractivity contribution in [3.8, 4) is 0 Å². The topological polar surface area (TPSA) is 48.6 Å². The van der Waals surface area contributed by atoms with Crippen LogP contribution in [0.2, 0.25) is 5.02 Å². The fourth-order valence-corrected chi connectivity index (χ4v) is 4.15. The van der Waals surface area contributed by atoms with Crippen LogP contribution in [0.15, 0.2) is 45.7 Å². The Morgan fingerprint density at radius 2 is 1.81 bits per heavy atom. The van der Waals surface area contributed by atoms with Gasteiger partial charge >= 0.3 is 5.69 Å². The molecule has 0 spiro atoms. The predicted octanol–water partition coefficient (Wildman–Crippen LogP) is 4.95. The van der Waals surface area contributed by atoms with E-state index < -0.39 is 0 Å². The zero-order chi connectivity index (χ0) is 15.0. The highest BCUT2D eigenvalue weighted by molar-refractivity contribution is 9.11. The van der Waals surface area contributed by atoms with E-state index in [1.54, 1.807) is 0 Å². The van der Waals surface area contributed by atoms with Gasteiger partial charge in [0.2, 0.25) is 0 Å². The monoisotopic (exact) mass is 428 g/mol. The van der Waals surface area contributed by atoms with Gasteiger partial charge in [-0.25, -0.2) is 4.79 Å². The lowest BCUT2D eigenvalue weighted by Gasteiger charge is -2.13. The quantitative estimate of drug-likeness (QED) is 0.568. The Bertz CT molecular complexity index is 856. The van der Waals surface area contributed by atoms with E-state index in [9.17, 15) is 4.79 Å². The number of imidazole rings is 1. The molecule has 0 radical (unpaired) electrons. The van der Waals surface area contributed by atoms with Crippen molar-refractivity contribution in [3.05, 3.63) is 67.5 Å². The van der Waals surface area contributed by atoms with Crippen molar-refractivity contribution in [2.24, 2.45) is 0 Å². The van der Waals surface area contributed by atoms with Gasteiger partial charge in [0.25, 0.3) is 0 Å². The summed E-state index contributed by atoms with van der Waals surface area (Å²) in [4.78, 5) is 17.0. The number of benzene rings is 2. The summed E-state index contributed by atoms with van der Waals surface area (Å²) in [6.07, 6.45) is 0.762. The predicted molar refractivity (Wildman–Crippen MR) is 93.4 cm³/mol. The van der Waals surface area contributed by atoms with Gasteiger partial charge in [-0.05, 0) is 35.7 Å². The summed E-state index contributed by atoms with van der Waals surface area (Å²) in [5.74, 6) is 0. The molecule has 0 aliphatic rings. The van der Waals surface area contributed by atoms with E-state index in [1.165, 1.54) is 0 Å². The molecule has 0 saturated heterocycles. The molecule has 3 aromatic rings. The molecule has 1 aromatic heterocycles. The van der Waals surface area contributed by atoms with Gasteiger partial charge in [-0.3, -0.25) is 0 Å². The first kappa shape index (κ1) is 14.9. The number of rotatable bonds is 3. The molecule has 3 rings (SSSR count). The maximum absolute atomic E-state index is 11.4. The highest BCUT2D eigenvalue weighted by Gasteiger charge is 2.15. The minimum absolute atomic E-state index is 0.0922. The lowest BCUT2D eigenvalue weighted by Crippen LogP contribution is -1.99. The zero-order valence-electron chi connectivity index (χ0n) is 10.8. The molecule has 1 unspecified atom stereocenters. The van der Waals surface area contributed by atoms with Crippen molar-refractivity contribution < 1.29 is 0 Å². The SMILES string of the molecule is O=c1[nH]c2cc(Br)c(C(Br)Cc3ccccc3Cl)cc2[nH]1. The van der Waals surface area contributed by atoms with Crippen LogP contribution in [0.5, 0.6) is 0 Å². The molecule has 2 aromatic carbocycles. The number of H-pyrrole nitrogens is 2. The first-order valence-corrected chi connectivity index (χ1v) is 8.42. The second kappa shape index (κ2) is 5.99. The molecule has 1 heterocycles. The molecule has 108 valence electrons. The van der Waals surface area contributed by atoms with Crippen molar-refractivity contribution in [2.45, 2.75) is 11.2 Å². The standard InChI is InChI=1S/C15H11Br2ClN2O/c16-10(5-8-3-1-2-4-12(8)18)9-6-13-14(7-11(9)17)20-15(21)19-13/h1-4,6-7,10H,5H2,(H2,19,20,21). The van der Waals surface area contributed by atoms with Crippen LogP contribution in [-0.2, 0) is 6.42 Å². The summed E-state index contributed by atoms with van der Waals surface area (Å²) < 4.78 is 0.944. The Morgan fingerprint density at radius 1 is 1.14 bits per heavy atom. The van der Waals surface area contributed by atoms with Crippen LogP contribution in [0, 0.1) is 0 Å². The smallest absolute Gasteiger partial charge is 0.306 e. The molecule has 21 heavy (non-hydrogen) atoms. The second-order valence-corrected chi connectivity index (χ2v) is 7.13. The van der Waals surface area contributed by atoms with Gasteiger partial charge in [0, 0.05) is 14.3 Å². The third-order valence-electron chi connectivity index (χ3n) is 3.33. The Kier molecular flexibility index (Phi) is 4.24. The summed E-state index contributed by atoms with van der Waals surface area (Å²) >= 11 is 13.5.